The van der Waals surface area contributed by atoms with Gasteiger partial charge >= 0.3 is 0 Å². The summed E-state index contributed by atoms with van der Waals surface area (Å²) < 4.78 is 0. The van der Waals surface area contributed by atoms with E-state index in [1.54, 1.807) is 12.4 Å². The predicted octanol–water partition coefficient (Wildman–Crippen LogP) is 5.64. The highest BCUT2D eigenvalue weighted by molar-refractivity contribution is 5.95. The highest BCUT2D eigenvalue weighted by Crippen LogP contribution is 2.40. The number of H-pyrrole nitrogens is 1. The molecule has 8 rings (SSSR count). The van der Waals surface area contributed by atoms with Crippen LogP contribution in [0.4, 0.5) is 0 Å². The van der Waals surface area contributed by atoms with Crippen LogP contribution in [0.2, 0.25) is 0 Å². The molecule has 10 nitrogen and oxygen atoms in total. The first-order chi connectivity index (χ1) is 24.8. The Bertz CT molecular complexity index is 2090. The number of likely N-dealkylation sites (tertiary alicyclic amines) is 1. The maximum atomic E-state index is 14.2. The van der Waals surface area contributed by atoms with Crippen molar-refractivity contribution in [2.45, 2.75) is 38.0 Å². The van der Waals surface area contributed by atoms with Gasteiger partial charge in [-0.05, 0) is 93.4 Å². The number of carbonyl (C=O) groups excluding carboxylic acids is 2. The molecule has 5 aromatic rings. The Morgan fingerprint density at radius 3 is 2.47 bits per heavy atom. The van der Waals surface area contributed by atoms with Crippen LogP contribution in [0.3, 0.4) is 0 Å². The first-order valence-corrected chi connectivity index (χ1v) is 18.0. The van der Waals surface area contributed by atoms with Gasteiger partial charge in [0.15, 0.2) is 5.82 Å². The minimum atomic E-state index is -0.534. The van der Waals surface area contributed by atoms with Crippen molar-refractivity contribution >= 4 is 28.2 Å². The van der Waals surface area contributed by atoms with Crippen molar-refractivity contribution < 1.29 is 9.59 Å². The monoisotopic (exact) mass is 680 g/mol. The average Bonchev–Trinajstić information content (AvgIpc) is 3.81. The number of aromatic amines is 1. The van der Waals surface area contributed by atoms with E-state index in [1.807, 2.05) is 49.5 Å². The van der Waals surface area contributed by atoms with Crippen molar-refractivity contribution in [3.05, 3.63) is 102 Å². The van der Waals surface area contributed by atoms with Crippen LogP contribution in [0.15, 0.2) is 85.3 Å². The summed E-state index contributed by atoms with van der Waals surface area (Å²) >= 11 is 0. The summed E-state index contributed by atoms with van der Waals surface area (Å²) in [5.41, 5.74) is 7.88. The number of amides is 1. The first-order valence-electron chi connectivity index (χ1n) is 18.0. The highest BCUT2D eigenvalue weighted by Gasteiger charge is 2.45. The highest BCUT2D eigenvalue weighted by atomic mass is 16.2. The van der Waals surface area contributed by atoms with E-state index in [2.05, 4.69) is 77.4 Å². The molecule has 0 radical (unpaired) electrons. The standard InChI is InChI=1S/C41H44N8O2/c1-47(2)26-41(37(50)23-28-4-11-35-34(22-28)39(46-45-35)33-12-18-42-36(24-33)31-7-8-31)15-21-48(27-41)25-38(51)49-19-13-30(14-20-49)29-5-9-32(10-6-29)40-43-16-3-17-44-40/h3-6,9-13,16-18,22,24,31H,7-8,14-15,19-21,23,25-27H2,1-2H3,(H,45,46). The van der Waals surface area contributed by atoms with Crippen LogP contribution in [0.25, 0.3) is 39.1 Å². The normalized spacial score (nSPS) is 19.5. The molecule has 260 valence electrons. The molecule has 0 bridgehead atoms. The fourth-order valence-electron chi connectivity index (χ4n) is 7.84. The minimum Gasteiger partial charge on any atom is -0.338 e. The van der Waals surface area contributed by atoms with E-state index in [0.29, 0.717) is 50.9 Å². The second kappa shape index (κ2) is 13.9. The number of Topliss-reactive ketones (excluding diaryl/α,β-unsaturated/α-hetero) is 1. The molecule has 5 heterocycles. The van der Waals surface area contributed by atoms with Crippen molar-refractivity contribution in [3.8, 4) is 22.6 Å². The van der Waals surface area contributed by atoms with Crippen LogP contribution >= 0.6 is 0 Å². The third-order valence-electron chi connectivity index (χ3n) is 10.7. The molecule has 2 fully saturated rings. The van der Waals surface area contributed by atoms with Gasteiger partial charge in [-0.25, -0.2) is 9.97 Å². The lowest BCUT2D eigenvalue weighted by atomic mass is 9.79. The summed E-state index contributed by atoms with van der Waals surface area (Å²) in [6.07, 6.45) is 11.8. The van der Waals surface area contributed by atoms with Crippen LogP contribution < -0.4 is 0 Å². The second-order valence-electron chi connectivity index (χ2n) is 14.7. The van der Waals surface area contributed by atoms with Gasteiger partial charge < -0.3 is 9.80 Å². The molecule has 2 aliphatic heterocycles. The summed E-state index contributed by atoms with van der Waals surface area (Å²) in [6, 6.07) is 20.5. The molecule has 1 saturated carbocycles. The number of hydrogen-bond acceptors (Lipinski definition) is 8. The first kappa shape index (κ1) is 33.1. The molecular formula is C41H44N8O2. The molecule has 1 unspecified atom stereocenters. The lowest BCUT2D eigenvalue weighted by Gasteiger charge is -2.32. The number of pyridine rings is 1. The van der Waals surface area contributed by atoms with Crippen LogP contribution in [0.5, 0.6) is 0 Å². The van der Waals surface area contributed by atoms with Gasteiger partial charge in [0.25, 0.3) is 0 Å². The molecule has 1 atom stereocenters. The molecule has 2 aromatic carbocycles. The van der Waals surface area contributed by atoms with Gasteiger partial charge in [0.1, 0.15) is 11.5 Å². The fraction of sp³-hybridized carbons (Fsp3) is 0.366. The maximum Gasteiger partial charge on any atom is 0.237 e. The van der Waals surface area contributed by atoms with Crippen LogP contribution in [-0.2, 0) is 16.0 Å². The van der Waals surface area contributed by atoms with Gasteiger partial charge in [-0.2, -0.15) is 5.10 Å². The van der Waals surface area contributed by atoms with Gasteiger partial charge in [-0.1, -0.05) is 36.4 Å². The van der Waals surface area contributed by atoms with Gasteiger partial charge in [0.2, 0.25) is 5.91 Å². The molecule has 51 heavy (non-hydrogen) atoms. The number of carbonyl (C=O) groups is 2. The molecule has 1 N–H and O–H groups in total. The van der Waals surface area contributed by atoms with E-state index >= 15 is 0 Å². The molecule has 3 aromatic heterocycles. The number of fused-ring (bicyclic) bond motifs is 1. The largest absolute Gasteiger partial charge is 0.338 e. The van der Waals surface area contributed by atoms with Crippen LogP contribution in [0, 0.1) is 5.41 Å². The van der Waals surface area contributed by atoms with E-state index in [4.69, 9.17) is 0 Å². The Labute approximate surface area is 298 Å². The fourth-order valence-corrected chi connectivity index (χ4v) is 7.84. The van der Waals surface area contributed by atoms with Gasteiger partial charge in [-0.3, -0.25) is 24.6 Å². The minimum absolute atomic E-state index is 0.119. The zero-order valence-corrected chi connectivity index (χ0v) is 29.4. The van der Waals surface area contributed by atoms with E-state index in [0.717, 1.165) is 63.9 Å². The summed E-state index contributed by atoms with van der Waals surface area (Å²) in [5, 5.41) is 8.85. The lowest BCUT2D eigenvalue weighted by molar-refractivity contribution is -0.133. The molecular weight excluding hydrogens is 637 g/mol. The third kappa shape index (κ3) is 7.11. The number of nitrogens with one attached hydrogen (secondary N) is 1. The molecule has 3 aliphatic rings. The van der Waals surface area contributed by atoms with Gasteiger partial charge in [0.05, 0.1) is 17.5 Å². The van der Waals surface area contributed by atoms with Crippen LogP contribution in [0.1, 0.15) is 48.4 Å². The Morgan fingerprint density at radius 1 is 0.922 bits per heavy atom. The SMILES string of the molecule is CN(C)CC1(C(=O)Cc2ccc3[nH]nc(-c4ccnc(C5CC5)c4)c3c2)CCN(CC(=O)N2CC=C(c3ccc(-c4ncccn4)cc3)CC2)C1. The predicted molar refractivity (Wildman–Crippen MR) is 199 cm³/mol. The summed E-state index contributed by atoms with van der Waals surface area (Å²) in [7, 11) is 4.05. The van der Waals surface area contributed by atoms with Crippen molar-refractivity contribution in [2.75, 3.05) is 53.4 Å². The number of rotatable bonds is 11. The van der Waals surface area contributed by atoms with E-state index in [1.165, 1.54) is 18.4 Å². The van der Waals surface area contributed by atoms with Crippen molar-refractivity contribution in [2.24, 2.45) is 5.41 Å². The Hall–Kier alpha value is -5.06. The Balaban J connectivity index is 0.912. The van der Waals surface area contributed by atoms with Gasteiger partial charge in [-0.15, -0.1) is 0 Å². The third-order valence-corrected chi connectivity index (χ3v) is 10.7. The molecule has 1 saturated heterocycles. The van der Waals surface area contributed by atoms with E-state index in [-0.39, 0.29) is 11.7 Å². The van der Waals surface area contributed by atoms with Crippen molar-refractivity contribution in [1.82, 2.24) is 39.8 Å². The lowest BCUT2D eigenvalue weighted by Crippen LogP contribution is -2.46. The molecule has 1 aliphatic carbocycles. The quantitative estimate of drug-likeness (QED) is 0.191. The molecule has 1 amide bonds. The maximum absolute atomic E-state index is 14.2. The number of ketones is 1. The second-order valence-corrected chi connectivity index (χ2v) is 14.7. The topological polar surface area (TPSA) is 111 Å². The smallest absolute Gasteiger partial charge is 0.237 e. The Morgan fingerprint density at radius 2 is 1.73 bits per heavy atom. The van der Waals surface area contributed by atoms with E-state index < -0.39 is 5.41 Å². The molecule has 0 spiro atoms. The number of benzene rings is 2. The number of nitrogens with zero attached hydrogens (tertiary/aromatic N) is 7. The van der Waals surface area contributed by atoms with E-state index in [9.17, 15) is 9.59 Å². The summed E-state index contributed by atoms with van der Waals surface area (Å²) in [6.45, 7) is 3.57. The zero-order valence-electron chi connectivity index (χ0n) is 29.4. The molecule has 10 heteroatoms. The Kier molecular flexibility index (Phi) is 9.04. The van der Waals surface area contributed by atoms with Crippen molar-refractivity contribution in [3.63, 3.8) is 0 Å². The van der Waals surface area contributed by atoms with Crippen molar-refractivity contribution in [1.29, 1.82) is 0 Å². The zero-order chi connectivity index (χ0) is 35.0. The number of hydrogen-bond donors (Lipinski definition) is 1. The van der Waals surface area contributed by atoms with Crippen LogP contribution in [-0.4, -0.2) is 105 Å². The summed E-state index contributed by atoms with van der Waals surface area (Å²) in [4.78, 5) is 47.3. The van der Waals surface area contributed by atoms with Gasteiger partial charge in [0, 0.05) is 79.3 Å². The average molecular weight is 681 g/mol. The summed E-state index contributed by atoms with van der Waals surface area (Å²) in [5.74, 6) is 1.62. The number of aromatic nitrogens is 5.